The number of rotatable bonds is 9. The van der Waals surface area contributed by atoms with Crippen LogP contribution in [-0.2, 0) is 34.5 Å². The number of anilines is 1. The van der Waals surface area contributed by atoms with E-state index < -0.39 is 22.6 Å². The average Bonchev–Trinajstić information content (AvgIpc) is 3.25. The van der Waals surface area contributed by atoms with E-state index in [0.717, 1.165) is 16.0 Å². The Morgan fingerprint density at radius 3 is 2.51 bits per heavy atom. The van der Waals surface area contributed by atoms with Crippen molar-refractivity contribution in [3.63, 3.8) is 0 Å². The summed E-state index contributed by atoms with van der Waals surface area (Å²) >= 11 is 5.04. The second-order valence-corrected chi connectivity index (χ2v) is 11.3. The van der Waals surface area contributed by atoms with Crippen molar-refractivity contribution in [2.45, 2.75) is 51.2 Å². The lowest BCUT2D eigenvalue weighted by atomic mass is 10.1. The highest BCUT2D eigenvalue weighted by atomic mass is 35.5. The molecule has 3 aromatic carbocycles. The molecule has 4 aromatic rings. The maximum absolute atomic E-state index is 13.9. The number of hydrogen-bond acceptors (Lipinski definition) is 4. The third-order valence-corrected chi connectivity index (χ3v) is 7.65. The third kappa shape index (κ3) is 6.09. The molecule has 0 aliphatic carbocycles. The predicted octanol–water partition coefficient (Wildman–Crippen LogP) is 6.81. The minimum Gasteiger partial charge on any atom is -0.480 e. The van der Waals surface area contributed by atoms with E-state index in [-0.39, 0.29) is 17.4 Å². The van der Waals surface area contributed by atoms with E-state index in [2.05, 4.69) is 5.32 Å². The molecule has 1 aromatic heterocycles. The van der Waals surface area contributed by atoms with Gasteiger partial charge in [0, 0.05) is 18.3 Å². The maximum atomic E-state index is 13.9. The molecule has 0 spiro atoms. The molecular weight excluding hydrogens is 513 g/mol. The Labute approximate surface area is 224 Å². The number of aryl methyl sites for hydroxylation is 1. The normalized spacial score (nSPS) is 12.5. The lowest BCUT2D eigenvalue weighted by Gasteiger charge is -2.26. The Bertz CT molecular complexity index is 1420. The molecule has 9 heteroatoms. The van der Waals surface area contributed by atoms with Crippen LogP contribution in [0.2, 0.25) is 5.02 Å². The van der Waals surface area contributed by atoms with E-state index in [1.807, 2.05) is 74.7 Å². The van der Waals surface area contributed by atoms with Crippen molar-refractivity contribution >= 4 is 45.4 Å². The van der Waals surface area contributed by atoms with Gasteiger partial charge in [-0.3, -0.25) is 4.79 Å². The van der Waals surface area contributed by atoms with Gasteiger partial charge >= 0.3 is 0 Å². The van der Waals surface area contributed by atoms with Gasteiger partial charge in [-0.2, -0.15) is 4.55 Å². The molecule has 0 radical (unpaired) electrons. The highest BCUT2D eigenvalue weighted by Gasteiger charge is 2.30. The van der Waals surface area contributed by atoms with Crippen LogP contribution in [0.3, 0.4) is 0 Å². The minimum atomic E-state index is -0.864. The van der Waals surface area contributed by atoms with Crippen LogP contribution in [-0.4, -0.2) is 25.8 Å². The van der Waals surface area contributed by atoms with E-state index in [1.165, 1.54) is 12.1 Å². The third-order valence-electron chi connectivity index (χ3n) is 5.98. The van der Waals surface area contributed by atoms with Gasteiger partial charge in [-0.1, -0.05) is 23.7 Å². The Morgan fingerprint density at radius 2 is 1.86 bits per heavy atom. The fraction of sp³-hybridized carbons (Fsp3) is 0.286. The number of halogens is 2. The molecule has 0 fully saturated rings. The molecule has 0 bridgehead atoms. The number of benzene rings is 3. The molecule has 1 amide bonds. The zero-order valence-electron chi connectivity index (χ0n) is 21.2. The topological polar surface area (TPSA) is 76.4 Å². The predicted molar refractivity (Wildman–Crippen MR) is 148 cm³/mol. The van der Waals surface area contributed by atoms with Crippen molar-refractivity contribution in [2.75, 3.05) is 11.1 Å². The van der Waals surface area contributed by atoms with Crippen molar-refractivity contribution in [1.82, 2.24) is 9.55 Å². The number of ether oxygens (including phenoxy) is 1. The number of fused-ring (bicyclic) bond motifs is 1. The Morgan fingerprint density at radius 1 is 1.14 bits per heavy atom. The summed E-state index contributed by atoms with van der Waals surface area (Å²) in [5.41, 5.74) is 2.26. The zero-order chi connectivity index (χ0) is 26.7. The van der Waals surface area contributed by atoms with Crippen LogP contribution in [0.15, 0.2) is 65.6 Å². The Kier molecular flexibility index (Phi) is 8.11. The summed E-state index contributed by atoms with van der Waals surface area (Å²) in [6.07, 6.45) is 0.219. The van der Waals surface area contributed by atoms with Crippen LogP contribution >= 0.6 is 11.6 Å². The summed E-state index contributed by atoms with van der Waals surface area (Å²) in [6, 6.07) is 17.4. The van der Waals surface area contributed by atoms with Crippen LogP contribution in [0.5, 0.6) is 5.75 Å². The molecule has 194 valence electrons. The highest BCUT2D eigenvalue weighted by molar-refractivity contribution is 7.91. The summed E-state index contributed by atoms with van der Waals surface area (Å²) in [5.74, 6) is 1.01. The minimum absolute atomic E-state index is 0.0353. The van der Waals surface area contributed by atoms with Crippen LogP contribution in [0, 0.1) is 5.82 Å². The fourth-order valence-corrected chi connectivity index (χ4v) is 5.09. The number of hydrogen-bond donors (Lipinski definition) is 2. The lowest BCUT2D eigenvalue weighted by Crippen LogP contribution is -2.29. The van der Waals surface area contributed by atoms with E-state index in [0.29, 0.717) is 35.1 Å². The zero-order valence-corrected chi connectivity index (χ0v) is 22.8. The highest BCUT2D eigenvalue weighted by Crippen LogP contribution is 2.32. The molecule has 1 atom stereocenters. The molecule has 0 aliphatic rings. The quantitative estimate of drug-likeness (QED) is 0.228. The standard InChI is InChI=1S/C28H29ClFN3O3S/c1-5-33-25-14-9-19(31-26(34)15-18-7-11-21(12-8-18)37(35)6-2)16-24(25)32-27(33)28(3,4)36-20-10-13-22(29)23(30)17-20/h7-14,16-17,35H,5-6,15H2,1-4H3/p+1. The maximum Gasteiger partial charge on any atom is 0.228 e. The monoisotopic (exact) mass is 542 g/mol. The van der Waals surface area contributed by atoms with Crippen molar-refractivity contribution in [3.8, 4) is 5.75 Å². The van der Waals surface area contributed by atoms with Gasteiger partial charge in [-0.25, -0.2) is 9.37 Å². The molecule has 1 unspecified atom stereocenters. The van der Waals surface area contributed by atoms with Gasteiger partial charge < -0.3 is 14.6 Å². The van der Waals surface area contributed by atoms with E-state index in [1.54, 1.807) is 6.07 Å². The number of nitrogens with one attached hydrogen (secondary N) is 1. The lowest BCUT2D eigenvalue weighted by molar-refractivity contribution is -0.115. The van der Waals surface area contributed by atoms with E-state index in [9.17, 15) is 13.7 Å². The first-order valence-electron chi connectivity index (χ1n) is 12.0. The van der Waals surface area contributed by atoms with Gasteiger partial charge in [-0.05, 0) is 75.7 Å². The van der Waals surface area contributed by atoms with Gasteiger partial charge in [0.15, 0.2) is 27.5 Å². The first-order valence-corrected chi connectivity index (χ1v) is 13.8. The van der Waals surface area contributed by atoms with Crippen molar-refractivity contribution in [2.24, 2.45) is 0 Å². The average molecular weight is 543 g/mol. The molecule has 37 heavy (non-hydrogen) atoms. The summed E-state index contributed by atoms with van der Waals surface area (Å²) < 4.78 is 32.1. The van der Waals surface area contributed by atoms with Gasteiger partial charge in [0.2, 0.25) is 5.91 Å². The molecule has 2 N–H and O–H groups in total. The molecule has 1 heterocycles. The van der Waals surface area contributed by atoms with Crippen molar-refractivity contribution < 1.29 is 18.5 Å². The molecular formula is C28H30ClFN3O3S+. The van der Waals surface area contributed by atoms with Crippen LogP contribution in [0.25, 0.3) is 11.0 Å². The van der Waals surface area contributed by atoms with Crippen LogP contribution in [0.4, 0.5) is 10.1 Å². The number of carbonyl (C=O) groups excluding carboxylic acids is 1. The van der Waals surface area contributed by atoms with E-state index in [4.69, 9.17) is 21.3 Å². The van der Waals surface area contributed by atoms with Crippen LogP contribution < -0.4 is 10.1 Å². The fourth-order valence-electron chi connectivity index (χ4n) is 4.19. The molecule has 0 saturated heterocycles. The molecule has 6 nitrogen and oxygen atoms in total. The van der Waals surface area contributed by atoms with Crippen molar-refractivity contribution in [1.29, 1.82) is 0 Å². The number of nitrogens with zero attached hydrogens (tertiary/aromatic N) is 2. The van der Waals surface area contributed by atoms with Crippen molar-refractivity contribution in [3.05, 3.63) is 82.9 Å². The van der Waals surface area contributed by atoms with Gasteiger partial charge in [0.25, 0.3) is 0 Å². The largest absolute Gasteiger partial charge is 0.480 e. The smallest absolute Gasteiger partial charge is 0.228 e. The van der Waals surface area contributed by atoms with Gasteiger partial charge in [-0.15, -0.1) is 0 Å². The number of imidazole rings is 1. The van der Waals surface area contributed by atoms with E-state index >= 15 is 0 Å². The summed E-state index contributed by atoms with van der Waals surface area (Å²) in [4.78, 5) is 18.4. The number of amides is 1. The number of aromatic nitrogens is 2. The molecule has 0 aliphatic heterocycles. The Hall–Kier alpha value is -3.07. The summed E-state index contributed by atoms with van der Waals surface area (Å²) in [7, 11) is 0. The summed E-state index contributed by atoms with van der Waals surface area (Å²) in [5, 5.41) is 2.98. The second kappa shape index (κ2) is 11.1. The van der Waals surface area contributed by atoms with Gasteiger partial charge in [0.1, 0.15) is 17.3 Å². The molecule has 0 saturated carbocycles. The molecule has 4 rings (SSSR count). The SMILES string of the molecule is CCn1c(C(C)(C)Oc2ccc(Cl)c(F)c2)nc2cc(NC(=O)Cc3ccc([S+](O)CC)cc3)ccc21. The second-order valence-electron chi connectivity index (χ2n) is 9.09. The van der Waals surface area contributed by atoms with Crippen LogP contribution in [0.1, 0.15) is 39.1 Å². The summed E-state index contributed by atoms with van der Waals surface area (Å²) in [6.45, 7) is 8.36. The first kappa shape index (κ1) is 27.0. The first-order chi connectivity index (χ1) is 17.6. The Balaban J connectivity index is 1.53. The van der Waals surface area contributed by atoms with Gasteiger partial charge in [0.05, 0.1) is 22.5 Å². The number of carbonyl (C=O) groups is 1.